The molecular formula is C24H33N3O4. The van der Waals surface area contributed by atoms with E-state index in [9.17, 15) is 14.9 Å². The van der Waals surface area contributed by atoms with Gasteiger partial charge in [-0.2, -0.15) is 5.26 Å². The molecule has 1 heterocycles. The predicted octanol–water partition coefficient (Wildman–Crippen LogP) is 3.61. The first kappa shape index (κ1) is 23.1. The number of nitrogens with zero attached hydrogens (tertiary/aromatic N) is 2. The third kappa shape index (κ3) is 7.25. The Balaban J connectivity index is 1.52. The fourth-order valence-corrected chi connectivity index (χ4v) is 4.43. The van der Waals surface area contributed by atoms with Gasteiger partial charge >= 0.3 is 6.09 Å². The van der Waals surface area contributed by atoms with Crippen LogP contribution >= 0.6 is 0 Å². The third-order valence-electron chi connectivity index (χ3n) is 6.20. The number of benzene rings is 1. The molecule has 1 aromatic rings. The van der Waals surface area contributed by atoms with Crippen LogP contribution in [0.2, 0.25) is 0 Å². The van der Waals surface area contributed by atoms with Crippen LogP contribution < -0.4 is 5.32 Å². The molecule has 168 valence electrons. The summed E-state index contributed by atoms with van der Waals surface area (Å²) in [6, 6.07) is 11.2. The average Bonchev–Trinajstić information content (AvgIpc) is 2.83. The van der Waals surface area contributed by atoms with Crippen molar-refractivity contribution in [2.24, 2.45) is 5.92 Å². The summed E-state index contributed by atoms with van der Waals surface area (Å²) >= 11 is 0. The summed E-state index contributed by atoms with van der Waals surface area (Å²) < 4.78 is 10.7. The Hall–Kier alpha value is -2.59. The number of ether oxygens (including phenoxy) is 2. The van der Waals surface area contributed by atoms with Gasteiger partial charge in [0.2, 0.25) is 5.91 Å². The molecule has 0 spiro atoms. The predicted molar refractivity (Wildman–Crippen MR) is 116 cm³/mol. The summed E-state index contributed by atoms with van der Waals surface area (Å²) in [5.41, 5.74) is 0.909. The zero-order chi connectivity index (χ0) is 21.9. The summed E-state index contributed by atoms with van der Waals surface area (Å²) in [5, 5.41) is 12.2. The normalized spacial score (nSPS) is 19.1. The molecule has 31 heavy (non-hydrogen) atoms. The largest absolute Gasteiger partial charge is 0.449 e. The molecule has 1 saturated carbocycles. The monoisotopic (exact) mass is 427 g/mol. The first-order chi connectivity index (χ1) is 15.2. The first-order valence-corrected chi connectivity index (χ1v) is 11.4. The molecule has 0 aromatic heterocycles. The minimum atomic E-state index is -0.591. The number of alkyl carbamates (subject to hydrolysis) is 1. The molecule has 0 bridgehead atoms. The highest BCUT2D eigenvalue weighted by Gasteiger charge is 2.30. The Bertz CT molecular complexity index is 737. The van der Waals surface area contributed by atoms with Crippen LogP contribution in [0.25, 0.3) is 0 Å². The molecule has 0 radical (unpaired) electrons. The van der Waals surface area contributed by atoms with Crippen LogP contribution in [-0.2, 0) is 14.3 Å². The fourth-order valence-electron chi connectivity index (χ4n) is 4.43. The van der Waals surface area contributed by atoms with Gasteiger partial charge in [0, 0.05) is 19.5 Å². The highest BCUT2D eigenvalue weighted by molar-refractivity contribution is 5.85. The molecule has 3 rings (SSSR count). The Morgan fingerprint density at radius 3 is 2.55 bits per heavy atom. The van der Waals surface area contributed by atoms with E-state index in [0.29, 0.717) is 45.1 Å². The summed E-state index contributed by atoms with van der Waals surface area (Å²) in [7, 11) is 0. The molecular weight excluding hydrogens is 394 g/mol. The Kier molecular flexibility index (Phi) is 9.16. The van der Waals surface area contributed by atoms with Crippen molar-refractivity contribution < 1.29 is 19.1 Å². The van der Waals surface area contributed by atoms with E-state index >= 15 is 0 Å². The number of rotatable bonds is 8. The fraction of sp³-hybridized carbons (Fsp3) is 0.625. The van der Waals surface area contributed by atoms with Gasteiger partial charge in [0.05, 0.1) is 31.8 Å². The van der Waals surface area contributed by atoms with E-state index in [2.05, 4.69) is 11.4 Å². The van der Waals surface area contributed by atoms with E-state index in [-0.39, 0.29) is 18.4 Å². The van der Waals surface area contributed by atoms with Crippen molar-refractivity contribution in [2.45, 2.75) is 56.9 Å². The maximum Gasteiger partial charge on any atom is 0.407 e. The molecule has 1 aromatic carbocycles. The van der Waals surface area contributed by atoms with Crippen LogP contribution in [0.3, 0.4) is 0 Å². The highest BCUT2D eigenvalue weighted by atomic mass is 16.5. The molecule has 1 saturated heterocycles. The lowest BCUT2D eigenvalue weighted by molar-refractivity contribution is -0.138. The summed E-state index contributed by atoms with van der Waals surface area (Å²) in [4.78, 5) is 27.3. The number of carbonyl (C=O) groups is 2. The minimum absolute atomic E-state index is 0.0509. The summed E-state index contributed by atoms with van der Waals surface area (Å²) in [6.07, 6.45) is 6.29. The van der Waals surface area contributed by atoms with Gasteiger partial charge in [-0.05, 0) is 17.9 Å². The molecule has 1 aliphatic heterocycles. The van der Waals surface area contributed by atoms with Crippen LogP contribution in [-0.4, -0.2) is 55.9 Å². The second kappa shape index (κ2) is 12.3. The topological polar surface area (TPSA) is 91.7 Å². The van der Waals surface area contributed by atoms with E-state index < -0.39 is 12.1 Å². The number of carbonyl (C=O) groups excluding carboxylic acids is 2. The van der Waals surface area contributed by atoms with E-state index in [0.717, 1.165) is 18.4 Å². The van der Waals surface area contributed by atoms with Gasteiger partial charge in [-0.1, -0.05) is 62.4 Å². The van der Waals surface area contributed by atoms with Gasteiger partial charge in [-0.3, -0.25) is 4.79 Å². The maximum absolute atomic E-state index is 13.1. The quantitative estimate of drug-likeness (QED) is 0.684. The minimum Gasteiger partial charge on any atom is -0.449 e. The van der Waals surface area contributed by atoms with E-state index in [1.54, 1.807) is 4.90 Å². The van der Waals surface area contributed by atoms with Crippen molar-refractivity contribution >= 4 is 12.0 Å². The molecule has 1 N–H and O–H groups in total. The number of nitriles is 1. The SMILES string of the molecule is N#CC(CCOC(=O)NC(CC1CCCCC1)C(=O)N1CCOCC1)c1ccccc1. The van der Waals surface area contributed by atoms with Gasteiger partial charge in [0.15, 0.2) is 0 Å². The van der Waals surface area contributed by atoms with Crippen LogP contribution in [0.4, 0.5) is 4.79 Å². The maximum atomic E-state index is 13.1. The molecule has 2 unspecified atom stereocenters. The van der Waals surface area contributed by atoms with Crippen molar-refractivity contribution in [3.05, 3.63) is 35.9 Å². The Labute approximate surface area is 184 Å². The number of hydrogen-bond donors (Lipinski definition) is 1. The van der Waals surface area contributed by atoms with Crippen LogP contribution in [0.5, 0.6) is 0 Å². The van der Waals surface area contributed by atoms with Crippen LogP contribution in [0.15, 0.2) is 30.3 Å². The van der Waals surface area contributed by atoms with Crippen LogP contribution in [0.1, 0.15) is 56.4 Å². The van der Waals surface area contributed by atoms with E-state index in [1.807, 2.05) is 30.3 Å². The summed E-state index contributed by atoms with van der Waals surface area (Å²) in [5.74, 6) is 0.0668. The van der Waals surface area contributed by atoms with Gasteiger partial charge in [-0.15, -0.1) is 0 Å². The van der Waals surface area contributed by atoms with Gasteiger partial charge in [0.25, 0.3) is 0 Å². The smallest absolute Gasteiger partial charge is 0.407 e. The Morgan fingerprint density at radius 1 is 1.16 bits per heavy atom. The van der Waals surface area contributed by atoms with Crippen molar-refractivity contribution in [2.75, 3.05) is 32.9 Å². The van der Waals surface area contributed by atoms with Gasteiger partial charge in [0.1, 0.15) is 6.04 Å². The van der Waals surface area contributed by atoms with Gasteiger partial charge < -0.3 is 19.7 Å². The van der Waals surface area contributed by atoms with Crippen molar-refractivity contribution in [3.8, 4) is 6.07 Å². The molecule has 2 fully saturated rings. The Morgan fingerprint density at radius 2 is 1.87 bits per heavy atom. The van der Waals surface area contributed by atoms with Crippen LogP contribution in [0, 0.1) is 17.2 Å². The van der Waals surface area contributed by atoms with Gasteiger partial charge in [-0.25, -0.2) is 4.79 Å². The number of amides is 2. The molecule has 2 atom stereocenters. The third-order valence-corrected chi connectivity index (χ3v) is 6.20. The molecule has 7 nitrogen and oxygen atoms in total. The molecule has 1 aliphatic carbocycles. The van der Waals surface area contributed by atoms with E-state index in [1.165, 1.54) is 19.3 Å². The second-order valence-electron chi connectivity index (χ2n) is 8.39. The molecule has 2 aliphatic rings. The number of morpholine rings is 1. The van der Waals surface area contributed by atoms with Crippen molar-refractivity contribution in [3.63, 3.8) is 0 Å². The first-order valence-electron chi connectivity index (χ1n) is 11.4. The zero-order valence-corrected chi connectivity index (χ0v) is 18.1. The lowest BCUT2D eigenvalue weighted by atomic mass is 9.84. The average molecular weight is 428 g/mol. The lowest BCUT2D eigenvalue weighted by Crippen LogP contribution is -2.52. The highest BCUT2D eigenvalue weighted by Crippen LogP contribution is 2.28. The summed E-state index contributed by atoms with van der Waals surface area (Å²) in [6.45, 7) is 2.29. The zero-order valence-electron chi connectivity index (χ0n) is 18.1. The number of hydrogen-bond acceptors (Lipinski definition) is 5. The lowest BCUT2D eigenvalue weighted by Gasteiger charge is -2.32. The molecule has 2 amide bonds. The van der Waals surface area contributed by atoms with Crippen molar-refractivity contribution in [1.82, 2.24) is 10.2 Å². The number of nitrogens with one attached hydrogen (secondary N) is 1. The molecule has 7 heteroatoms. The van der Waals surface area contributed by atoms with E-state index in [4.69, 9.17) is 9.47 Å². The standard InChI is InChI=1S/C24H33N3O4/c25-18-21(20-9-5-2-6-10-20)11-14-31-24(29)26-22(17-19-7-3-1-4-8-19)23(28)27-12-15-30-16-13-27/h2,5-6,9-10,19,21-22H,1,3-4,7-8,11-17H2,(H,26,29). The van der Waals surface area contributed by atoms with Crippen molar-refractivity contribution in [1.29, 1.82) is 5.26 Å². The second-order valence-corrected chi connectivity index (χ2v) is 8.39.